The Labute approximate surface area is 76.5 Å². The van der Waals surface area contributed by atoms with Crippen LogP contribution in [0.2, 0.25) is 0 Å². The maximum atomic E-state index is 5.18. The summed E-state index contributed by atoms with van der Waals surface area (Å²) in [6.45, 7) is 2.52. The summed E-state index contributed by atoms with van der Waals surface area (Å²) in [6, 6.07) is 0. The third-order valence-electron chi connectivity index (χ3n) is 1.35. The highest BCUT2D eigenvalue weighted by molar-refractivity contribution is 7.80. The van der Waals surface area contributed by atoms with E-state index in [-0.39, 0.29) is 0 Å². The maximum Gasteiger partial charge on any atom is 0.136 e. The average molecular weight is 185 g/mol. The van der Waals surface area contributed by atoms with Gasteiger partial charge in [0.25, 0.3) is 0 Å². The van der Waals surface area contributed by atoms with Crippen molar-refractivity contribution in [1.29, 1.82) is 0 Å². The quantitative estimate of drug-likeness (QED) is 0.562. The standard InChI is InChI=1S/C7H11N3OS/c1-3-11-10(2)7(12)6-4-8-9-5-6/h4-5H,3H2,1-2H3,(H,8,9). The van der Waals surface area contributed by atoms with Gasteiger partial charge >= 0.3 is 0 Å². The van der Waals surface area contributed by atoms with Crippen LogP contribution in [-0.2, 0) is 4.84 Å². The van der Waals surface area contributed by atoms with Crippen molar-refractivity contribution in [2.24, 2.45) is 0 Å². The molecule has 1 heterocycles. The number of nitrogens with zero attached hydrogens (tertiary/aromatic N) is 2. The van der Waals surface area contributed by atoms with E-state index in [2.05, 4.69) is 10.2 Å². The van der Waals surface area contributed by atoms with Gasteiger partial charge in [0.1, 0.15) is 4.99 Å². The van der Waals surface area contributed by atoms with Gasteiger partial charge in [0.05, 0.1) is 12.8 Å². The molecule has 0 saturated carbocycles. The van der Waals surface area contributed by atoms with Crippen LogP contribution in [-0.4, -0.2) is 33.9 Å². The molecule has 1 aromatic rings. The van der Waals surface area contributed by atoms with E-state index < -0.39 is 0 Å². The SMILES string of the molecule is CCON(C)C(=S)c1cn[nH]c1. The Balaban J connectivity index is 2.59. The Kier molecular flexibility index (Phi) is 3.19. The van der Waals surface area contributed by atoms with Gasteiger partial charge in [-0.15, -0.1) is 0 Å². The Morgan fingerprint density at radius 1 is 1.83 bits per heavy atom. The van der Waals surface area contributed by atoms with E-state index in [9.17, 15) is 0 Å². The first-order valence-corrected chi connectivity index (χ1v) is 4.06. The molecule has 0 spiro atoms. The Morgan fingerprint density at radius 3 is 3.08 bits per heavy atom. The Morgan fingerprint density at radius 2 is 2.58 bits per heavy atom. The molecule has 1 N–H and O–H groups in total. The Bertz CT molecular complexity index is 247. The number of nitrogens with one attached hydrogen (secondary N) is 1. The fourth-order valence-corrected chi connectivity index (χ4v) is 0.966. The first kappa shape index (κ1) is 9.15. The third kappa shape index (κ3) is 2.02. The van der Waals surface area contributed by atoms with Crippen LogP contribution in [0, 0.1) is 0 Å². The summed E-state index contributed by atoms with van der Waals surface area (Å²) in [7, 11) is 1.78. The minimum atomic E-state index is 0.606. The lowest BCUT2D eigenvalue weighted by atomic mass is 10.4. The van der Waals surface area contributed by atoms with Crippen LogP contribution < -0.4 is 0 Å². The van der Waals surface area contributed by atoms with E-state index in [1.54, 1.807) is 24.5 Å². The molecule has 12 heavy (non-hydrogen) atoms. The van der Waals surface area contributed by atoms with E-state index in [4.69, 9.17) is 17.1 Å². The number of thiocarbonyl (C=S) groups is 1. The molecule has 5 heteroatoms. The van der Waals surface area contributed by atoms with Crippen molar-refractivity contribution in [2.75, 3.05) is 13.7 Å². The minimum absolute atomic E-state index is 0.606. The first-order chi connectivity index (χ1) is 5.75. The zero-order chi connectivity index (χ0) is 8.97. The van der Waals surface area contributed by atoms with Gasteiger partial charge in [-0.1, -0.05) is 12.2 Å². The molecule has 0 aromatic carbocycles. The summed E-state index contributed by atoms with van der Waals surface area (Å²) in [6.07, 6.45) is 3.40. The molecule has 0 fully saturated rings. The Hall–Kier alpha value is -0.940. The van der Waals surface area contributed by atoms with Crippen LogP contribution in [0.4, 0.5) is 0 Å². The number of H-pyrrole nitrogens is 1. The molecular weight excluding hydrogens is 174 g/mol. The van der Waals surface area contributed by atoms with Crippen molar-refractivity contribution < 1.29 is 4.84 Å². The predicted molar refractivity (Wildman–Crippen MR) is 49.7 cm³/mol. The van der Waals surface area contributed by atoms with Gasteiger partial charge in [0, 0.05) is 18.8 Å². The zero-order valence-electron chi connectivity index (χ0n) is 7.07. The van der Waals surface area contributed by atoms with Gasteiger partial charge in [-0.3, -0.25) is 9.94 Å². The molecule has 0 amide bonds. The summed E-state index contributed by atoms with van der Waals surface area (Å²) < 4.78 is 0. The van der Waals surface area contributed by atoms with E-state index >= 15 is 0 Å². The van der Waals surface area contributed by atoms with Gasteiger partial charge in [-0.25, -0.2) is 5.06 Å². The number of hydrogen-bond acceptors (Lipinski definition) is 3. The van der Waals surface area contributed by atoms with Crippen molar-refractivity contribution in [3.8, 4) is 0 Å². The minimum Gasteiger partial charge on any atom is -0.285 e. The molecule has 1 aromatic heterocycles. The first-order valence-electron chi connectivity index (χ1n) is 3.65. The molecular formula is C7H11N3OS. The van der Waals surface area contributed by atoms with Crippen LogP contribution >= 0.6 is 12.2 Å². The molecule has 0 atom stereocenters. The number of hydrogen-bond donors (Lipinski definition) is 1. The van der Waals surface area contributed by atoms with E-state index in [0.29, 0.717) is 11.6 Å². The number of aromatic nitrogens is 2. The van der Waals surface area contributed by atoms with Crippen molar-refractivity contribution in [3.63, 3.8) is 0 Å². The average Bonchev–Trinajstić information content (AvgIpc) is 2.55. The fourth-order valence-electron chi connectivity index (χ4n) is 0.802. The zero-order valence-corrected chi connectivity index (χ0v) is 7.89. The fraction of sp³-hybridized carbons (Fsp3) is 0.429. The summed E-state index contributed by atoms with van der Waals surface area (Å²) in [5, 5.41) is 8.03. The van der Waals surface area contributed by atoms with Crippen LogP contribution in [0.1, 0.15) is 12.5 Å². The van der Waals surface area contributed by atoms with Crippen molar-refractivity contribution in [2.45, 2.75) is 6.92 Å². The second kappa shape index (κ2) is 4.18. The van der Waals surface area contributed by atoms with Crippen LogP contribution in [0.25, 0.3) is 0 Å². The largest absolute Gasteiger partial charge is 0.285 e. The second-order valence-corrected chi connectivity index (χ2v) is 2.59. The van der Waals surface area contributed by atoms with Crippen molar-refractivity contribution in [1.82, 2.24) is 15.3 Å². The van der Waals surface area contributed by atoms with Crippen molar-refractivity contribution >= 4 is 17.2 Å². The molecule has 4 nitrogen and oxygen atoms in total. The molecule has 0 bridgehead atoms. The van der Waals surface area contributed by atoms with E-state index in [1.165, 1.54) is 0 Å². The molecule has 0 saturated heterocycles. The van der Waals surface area contributed by atoms with Gasteiger partial charge in [0.15, 0.2) is 0 Å². The third-order valence-corrected chi connectivity index (χ3v) is 1.85. The van der Waals surface area contributed by atoms with E-state index in [1.807, 2.05) is 6.92 Å². The van der Waals surface area contributed by atoms with Gasteiger partial charge in [-0.05, 0) is 6.92 Å². The lowest BCUT2D eigenvalue weighted by Gasteiger charge is -2.16. The molecule has 1 rings (SSSR count). The maximum absolute atomic E-state index is 5.18. The summed E-state index contributed by atoms with van der Waals surface area (Å²) in [5.41, 5.74) is 0.862. The summed E-state index contributed by atoms with van der Waals surface area (Å²) in [5.74, 6) is 0. The predicted octanol–water partition coefficient (Wildman–Crippen LogP) is 0.969. The number of aromatic amines is 1. The highest BCUT2D eigenvalue weighted by atomic mass is 32.1. The van der Waals surface area contributed by atoms with Gasteiger partial charge in [-0.2, -0.15) is 5.10 Å². The number of rotatable bonds is 3. The second-order valence-electron chi connectivity index (χ2n) is 2.21. The summed E-state index contributed by atoms with van der Waals surface area (Å²) >= 11 is 5.10. The highest BCUT2D eigenvalue weighted by Crippen LogP contribution is 2.01. The van der Waals surface area contributed by atoms with Crippen LogP contribution in [0.3, 0.4) is 0 Å². The van der Waals surface area contributed by atoms with Gasteiger partial charge in [0.2, 0.25) is 0 Å². The molecule has 0 aliphatic rings. The molecule has 0 aliphatic heterocycles. The van der Waals surface area contributed by atoms with Crippen LogP contribution in [0.15, 0.2) is 12.4 Å². The lowest BCUT2D eigenvalue weighted by Crippen LogP contribution is -2.25. The van der Waals surface area contributed by atoms with Crippen LogP contribution in [0.5, 0.6) is 0 Å². The smallest absolute Gasteiger partial charge is 0.136 e. The van der Waals surface area contributed by atoms with Crippen molar-refractivity contribution in [3.05, 3.63) is 18.0 Å². The highest BCUT2D eigenvalue weighted by Gasteiger charge is 2.07. The molecule has 0 unspecified atom stereocenters. The van der Waals surface area contributed by atoms with Gasteiger partial charge < -0.3 is 0 Å². The molecule has 0 aliphatic carbocycles. The monoisotopic (exact) mass is 185 g/mol. The topological polar surface area (TPSA) is 41.1 Å². The summed E-state index contributed by atoms with van der Waals surface area (Å²) in [4.78, 5) is 5.81. The van der Waals surface area contributed by atoms with E-state index in [0.717, 1.165) is 5.56 Å². The normalized spacial score (nSPS) is 9.83. The lowest BCUT2D eigenvalue weighted by molar-refractivity contribution is -0.0698. The molecule has 0 radical (unpaired) electrons. The molecule has 66 valence electrons. The number of hydroxylamine groups is 2.